The fourth-order valence-electron chi connectivity index (χ4n) is 4.56. The molecule has 2 saturated heterocycles. The van der Waals surface area contributed by atoms with Crippen molar-refractivity contribution in [3.63, 3.8) is 0 Å². The number of aliphatic hydroxyl groups excluding tert-OH is 1. The molecule has 3 atom stereocenters. The van der Waals surface area contributed by atoms with Gasteiger partial charge < -0.3 is 19.5 Å². The largest absolute Gasteiger partial charge is 0.449 e. The quantitative estimate of drug-likeness (QED) is 0.654. The lowest BCUT2D eigenvalue weighted by Gasteiger charge is -2.42. The van der Waals surface area contributed by atoms with Crippen LogP contribution in [0.15, 0.2) is 33.5 Å². The van der Waals surface area contributed by atoms with Crippen molar-refractivity contribution in [3.8, 4) is 11.5 Å². The van der Waals surface area contributed by atoms with Crippen molar-refractivity contribution in [1.82, 2.24) is 14.9 Å². The topological polar surface area (TPSA) is 71.0 Å². The van der Waals surface area contributed by atoms with Crippen LogP contribution in [0.4, 0.5) is 11.6 Å². The van der Waals surface area contributed by atoms with Crippen LogP contribution in [0.5, 0.6) is 11.5 Å². The van der Waals surface area contributed by atoms with E-state index in [9.17, 15) is 5.11 Å². The number of β-amino-alcohol motifs (C(OH)–C–C–N with tert-alkyl or cyclic N) is 1. The van der Waals surface area contributed by atoms with Crippen molar-refractivity contribution in [2.75, 3.05) is 44.3 Å². The van der Waals surface area contributed by atoms with E-state index in [2.05, 4.69) is 46.7 Å². The van der Waals surface area contributed by atoms with E-state index in [1.807, 2.05) is 17.0 Å². The van der Waals surface area contributed by atoms with E-state index < -0.39 is 6.10 Å². The Hall–Kier alpha value is -1.26. The molecule has 2 bridgehead atoms. The Kier molecular flexibility index (Phi) is 5.51. The van der Waals surface area contributed by atoms with E-state index in [1.54, 1.807) is 12.4 Å². The second-order valence-electron chi connectivity index (χ2n) is 8.04. The average Bonchev–Trinajstić information content (AvgIpc) is 2.67. The van der Waals surface area contributed by atoms with Gasteiger partial charge in [0.1, 0.15) is 0 Å². The zero-order chi connectivity index (χ0) is 20.0. The monoisotopic (exact) mass is 524 g/mol. The number of likely N-dealkylation sites (tertiary alicyclic amines) is 1. The summed E-state index contributed by atoms with van der Waals surface area (Å²) in [6.45, 7) is 4.67. The smallest absolute Gasteiger partial charge is 0.177 e. The van der Waals surface area contributed by atoms with E-state index >= 15 is 0 Å². The first-order chi connectivity index (χ1) is 14.0. The number of pyridine rings is 2. The molecule has 0 radical (unpaired) electrons. The number of rotatable bonds is 4. The third kappa shape index (κ3) is 4.16. The molecule has 5 rings (SSSR count). The second kappa shape index (κ2) is 8.11. The first-order valence-electron chi connectivity index (χ1n) is 9.80. The molecular weight excluding hydrogens is 504 g/mol. The molecule has 0 spiro atoms. The first kappa shape index (κ1) is 19.7. The van der Waals surface area contributed by atoms with Gasteiger partial charge in [0.05, 0.1) is 25.9 Å². The Morgan fingerprint density at radius 2 is 1.59 bits per heavy atom. The Labute approximate surface area is 186 Å². The highest BCUT2D eigenvalue weighted by molar-refractivity contribution is 9.10. The number of fused-ring (bicyclic) bond motifs is 4. The number of halogens is 2. The minimum Gasteiger partial charge on any atom is -0.449 e. The molecule has 3 aliphatic heterocycles. The summed E-state index contributed by atoms with van der Waals surface area (Å²) in [5, 5.41) is 10.9. The lowest BCUT2D eigenvalue weighted by atomic mass is 9.88. The van der Waals surface area contributed by atoms with Crippen molar-refractivity contribution in [2.24, 2.45) is 11.8 Å². The maximum absolute atomic E-state index is 10.9. The highest BCUT2D eigenvalue weighted by Gasteiger charge is 2.33. The van der Waals surface area contributed by atoms with Gasteiger partial charge in [0.15, 0.2) is 23.1 Å². The first-order valence-corrected chi connectivity index (χ1v) is 11.4. The van der Waals surface area contributed by atoms with E-state index in [0.717, 1.165) is 35.2 Å². The summed E-state index contributed by atoms with van der Waals surface area (Å²) in [6, 6.07) is 3.77. The number of nitrogens with zero attached hydrogens (tertiary/aromatic N) is 4. The third-order valence-electron chi connectivity index (χ3n) is 5.60. The van der Waals surface area contributed by atoms with Crippen LogP contribution in [0.2, 0.25) is 0 Å². The zero-order valence-corrected chi connectivity index (χ0v) is 19.0. The van der Waals surface area contributed by atoms with Gasteiger partial charge in [-0.3, -0.25) is 4.90 Å². The second-order valence-corrected chi connectivity index (χ2v) is 9.87. The summed E-state index contributed by atoms with van der Waals surface area (Å²) in [6.07, 6.45) is 4.17. The molecule has 9 heteroatoms. The predicted molar refractivity (Wildman–Crippen MR) is 116 cm³/mol. The molecule has 2 aromatic rings. The van der Waals surface area contributed by atoms with E-state index in [0.29, 0.717) is 48.1 Å². The Morgan fingerprint density at radius 1 is 1.00 bits per heavy atom. The van der Waals surface area contributed by atoms with Crippen LogP contribution in [0, 0.1) is 11.8 Å². The third-order valence-corrected chi connectivity index (χ3v) is 6.47. The van der Waals surface area contributed by atoms with Gasteiger partial charge in [-0.1, -0.05) is 0 Å². The maximum Gasteiger partial charge on any atom is 0.177 e. The molecule has 2 fully saturated rings. The molecule has 0 saturated carbocycles. The molecule has 1 N–H and O–H groups in total. The van der Waals surface area contributed by atoms with Gasteiger partial charge in [0, 0.05) is 53.1 Å². The van der Waals surface area contributed by atoms with Crippen molar-refractivity contribution >= 4 is 43.5 Å². The fraction of sp³-hybridized carbons (Fsp3) is 0.500. The number of anilines is 2. The van der Waals surface area contributed by atoms with E-state index in [-0.39, 0.29) is 0 Å². The lowest BCUT2D eigenvalue weighted by Crippen LogP contribution is -2.50. The van der Waals surface area contributed by atoms with Crippen LogP contribution in [0.3, 0.4) is 0 Å². The van der Waals surface area contributed by atoms with E-state index in [1.165, 1.54) is 6.42 Å². The van der Waals surface area contributed by atoms with Gasteiger partial charge in [-0.15, -0.1) is 0 Å². The molecule has 154 valence electrons. The van der Waals surface area contributed by atoms with Crippen LogP contribution in [-0.2, 0) is 4.74 Å². The highest BCUT2D eigenvalue weighted by atomic mass is 79.9. The zero-order valence-electron chi connectivity index (χ0n) is 15.8. The molecule has 2 aromatic heterocycles. The summed E-state index contributed by atoms with van der Waals surface area (Å²) in [7, 11) is 0. The number of aliphatic hydroxyl groups is 1. The standard InChI is InChI=1S/C20H22Br2N4O3/c21-14-2-17-19(23-4-14)26(20-18(29-17)3-15(22)5-24-20)9-16(27)8-25-6-12-1-13(7-25)11-28-10-12/h2-5,12-13,16,27H,1,6-11H2. The lowest BCUT2D eigenvalue weighted by molar-refractivity contribution is -0.0484. The maximum atomic E-state index is 10.9. The molecular formula is C20H22Br2N4O3. The Balaban J connectivity index is 1.36. The van der Waals surface area contributed by atoms with E-state index in [4.69, 9.17) is 9.47 Å². The van der Waals surface area contributed by atoms with Crippen LogP contribution >= 0.6 is 31.9 Å². The molecule has 0 aromatic carbocycles. The minimum atomic E-state index is -0.538. The van der Waals surface area contributed by atoms with Gasteiger partial charge >= 0.3 is 0 Å². The number of hydrogen-bond donors (Lipinski definition) is 1. The van der Waals surface area contributed by atoms with Gasteiger partial charge in [-0.25, -0.2) is 9.97 Å². The summed E-state index contributed by atoms with van der Waals surface area (Å²) in [5.74, 6) is 3.78. The van der Waals surface area contributed by atoms with Crippen molar-refractivity contribution in [3.05, 3.63) is 33.5 Å². The van der Waals surface area contributed by atoms with Crippen molar-refractivity contribution < 1.29 is 14.6 Å². The molecule has 29 heavy (non-hydrogen) atoms. The highest BCUT2D eigenvalue weighted by Crippen LogP contribution is 2.45. The SMILES string of the molecule is OC(CN1CC2COCC(C2)C1)CN1c2ncc(Br)cc2Oc2cc(Br)cnc21. The fourth-order valence-corrected chi connectivity index (χ4v) is 5.18. The molecule has 5 heterocycles. The van der Waals surface area contributed by atoms with Gasteiger partial charge in [0.2, 0.25) is 0 Å². The molecule has 3 aliphatic rings. The normalized spacial score (nSPS) is 24.4. The van der Waals surface area contributed by atoms with Gasteiger partial charge in [0.25, 0.3) is 0 Å². The number of aromatic nitrogens is 2. The van der Waals surface area contributed by atoms with Crippen LogP contribution in [0.25, 0.3) is 0 Å². The van der Waals surface area contributed by atoms with Crippen LogP contribution in [-0.4, -0.2) is 65.5 Å². The number of hydrogen-bond acceptors (Lipinski definition) is 7. The Bertz CT molecular complexity index is 852. The summed E-state index contributed by atoms with van der Waals surface area (Å²) < 4.78 is 13.4. The van der Waals surface area contributed by atoms with Gasteiger partial charge in [-0.2, -0.15) is 0 Å². The van der Waals surface area contributed by atoms with Crippen LogP contribution < -0.4 is 9.64 Å². The molecule has 0 aliphatic carbocycles. The Morgan fingerprint density at radius 3 is 2.17 bits per heavy atom. The average molecular weight is 526 g/mol. The summed E-state index contributed by atoms with van der Waals surface area (Å²) in [5.41, 5.74) is 0. The predicted octanol–water partition coefficient (Wildman–Crippen LogP) is 3.57. The van der Waals surface area contributed by atoms with Crippen molar-refractivity contribution in [1.29, 1.82) is 0 Å². The molecule has 0 amide bonds. The summed E-state index contributed by atoms with van der Waals surface area (Å²) in [4.78, 5) is 13.4. The summed E-state index contributed by atoms with van der Waals surface area (Å²) >= 11 is 6.91. The van der Waals surface area contributed by atoms with Crippen molar-refractivity contribution in [2.45, 2.75) is 12.5 Å². The van der Waals surface area contributed by atoms with Crippen LogP contribution in [0.1, 0.15) is 6.42 Å². The molecule has 3 unspecified atom stereocenters. The van der Waals surface area contributed by atoms with Gasteiger partial charge in [-0.05, 0) is 50.1 Å². The molecule has 7 nitrogen and oxygen atoms in total. The number of ether oxygens (including phenoxy) is 2. The minimum absolute atomic E-state index is 0.398. The number of piperidine rings is 1.